The van der Waals surface area contributed by atoms with Crippen molar-refractivity contribution in [1.29, 1.82) is 0 Å². The Morgan fingerprint density at radius 2 is 1.61 bits per heavy atom. The number of ether oxygens (including phenoxy) is 1. The fraction of sp³-hybridized carbons (Fsp3) is 0.457. The molecule has 49 heavy (non-hydrogen) atoms. The number of nitrogens with zero attached hydrogens (tertiary/aromatic N) is 1. The van der Waals surface area contributed by atoms with Crippen LogP contribution in [0.2, 0.25) is 0 Å². The molecule has 1 fully saturated rings. The van der Waals surface area contributed by atoms with Crippen LogP contribution in [0.3, 0.4) is 0 Å². The van der Waals surface area contributed by atoms with Crippen molar-refractivity contribution in [1.82, 2.24) is 20.9 Å². The molecule has 1 heterocycles. The van der Waals surface area contributed by atoms with Crippen LogP contribution in [-0.4, -0.2) is 75.7 Å². The van der Waals surface area contributed by atoms with E-state index >= 15 is 0 Å². The van der Waals surface area contributed by atoms with Gasteiger partial charge in [-0.3, -0.25) is 28.8 Å². The topological polar surface area (TPSA) is 214 Å². The van der Waals surface area contributed by atoms with Crippen LogP contribution in [-0.2, 0) is 30.4 Å². The molecule has 3 amide bonds. The molecule has 262 valence electrons. The van der Waals surface area contributed by atoms with E-state index in [0.717, 1.165) is 0 Å². The van der Waals surface area contributed by atoms with Gasteiger partial charge in [0.15, 0.2) is 17.1 Å². The second-order valence-electron chi connectivity index (χ2n) is 12.6. The van der Waals surface area contributed by atoms with Gasteiger partial charge < -0.3 is 35.3 Å². The number of hydrogen-bond donors (Lipinski definition) is 5. The highest BCUT2D eigenvalue weighted by molar-refractivity contribution is 6.03. The van der Waals surface area contributed by atoms with E-state index in [2.05, 4.69) is 20.9 Å². The number of rotatable bonds is 15. The lowest BCUT2D eigenvalue weighted by Gasteiger charge is -2.34. The van der Waals surface area contributed by atoms with Crippen LogP contribution >= 0.6 is 0 Å². The van der Waals surface area contributed by atoms with Gasteiger partial charge in [-0.05, 0) is 48.6 Å². The summed E-state index contributed by atoms with van der Waals surface area (Å²) in [5.74, 6) is -6.39. The number of oxazole rings is 1. The summed E-state index contributed by atoms with van der Waals surface area (Å²) in [6.45, 7) is 4.78. The van der Waals surface area contributed by atoms with Crippen molar-refractivity contribution in [3.63, 3.8) is 0 Å². The van der Waals surface area contributed by atoms with Gasteiger partial charge in [-0.25, -0.2) is 4.98 Å². The highest BCUT2D eigenvalue weighted by Gasteiger charge is 2.42. The number of fused-ring (bicyclic) bond motifs is 1. The molecule has 5 atom stereocenters. The molecule has 14 nitrogen and oxygen atoms in total. The Balaban J connectivity index is 1.53. The normalized spacial score (nSPS) is 17.8. The van der Waals surface area contributed by atoms with Crippen LogP contribution in [0, 0.1) is 17.8 Å². The summed E-state index contributed by atoms with van der Waals surface area (Å²) in [7, 11) is 1.42. The number of aliphatic carboxylic acids is 1. The molecule has 1 unspecified atom stereocenters. The quantitative estimate of drug-likeness (QED) is 0.147. The maximum Gasteiger partial charge on any atom is 0.305 e. The van der Waals surface area contributed by atoms with E-state index in [-0.39, 0.29) is 29.5 Å². The van der Waals surface area contributed by atoms with E-state index < -0.39 is 71.7 Å². The van der Waals surface area contributed by atoms with E-state index in [4.69, 9.17) is 9.15 Å². The number of carboxylic acids is 1. The summed E-state index contributed by atoms with van der Waals surface area (Å²) in [5, 5.41) is 27.2. The van der Waals surface area contributed by atoms with Crippen LogP contribution in [0.25, 0.3) is 11.1 Å². The molecular weight excluding hydrogens is 636 g/mol. The molecule has 0 radical (unpaired) electrons. The number of para-hydroxylation sites is 1. The minimum atomic E-state index is -1.53. The first kappa shape index (κ1) is 36.6. The van der Waals surface area contributed by atoms with Crippen molar-refractivity contribution >= 4 is 46.4 Å². The molecule has 1 saturated carbocycles. The Morgan fingerprint density at radius 1 is 0.939 bits per heavy atom. The molecule has 1 aromatic heterocycles. The van der Waals surface area contributed by atoms with E-state index in [9.17, 15) is 39.0 Å². The summed E-state index contributed by atoms with van der Waals surface area (Å²) in [6.07, 6.45) is 1.29. The standard InChI is InChI=1S/C35H42N4O10/c1-18(2)29(39-34(47)26(36-19(3)40)16-20-12-14-21(41)15-13-20)30(44)22-8-5-6-9-23(22)33(46)37-25(17-28(42)43)31(45)35-38-24-10-7-11-27(48-4)32(24)49-35/h7,10-15,18,22-23,25-26,29,41H,5-6,8-9,16-17H2,1-4H3,(H,36,40)(H,37,46)(H,39,47)(H,42,43)/t22?,23-,25+,26+,29+/m1/s1. The van der Waals surface area contributed by atoms with E-state index in [0.29, 0.717) is 42.5 Å². The minimum Gasteiger partial charge on any atom is -0.508 e. The molecule has 0 aliphatic heterocycles. The minimum absolute atomic E-state index is 0.0475. The molecule has 5 N–H and O–H groups in total. The molecule has 1 aliphatic rings. The van der Waals surface area contributed by atoms with Crippen molar-refractivity contribution in [3.05, 3.63) is 53.9 Å². The first-order valence-electron chi connectivity index (χ1n) is 16.2. The van der Waals surface area contributed by atoms with Gasteiger partial charge in [-0.15, -0.1) is 0 Å². The van der Waals surface area contributed by atoms with E-state index in [1.54, 1.807) is 44.2 Å². The van der Waals surface area contributed by atoms with Crippen molar-refractivity contribution in [2.75, 3.05) is 7.11 Å². The highest BCUT2D eigenvalue weighted by atomic mass is 16.5. The highest BCUT2D eigenvalue weighted by Crippen LogP contribution is 2.33. The Hall–Kier alpha value is -5.27. The number of aromatic nitrogens is 1. The number of hydrogen-bond acceptors (Lipinski definition) is 10. The van der Waals surface area contributed by atoms with Crippen LogP contribution in [0.4, 0.5) is 0 Å². The number of nitrogens with one attached hydrogen (secondary N) is 3. The van der Waals surface area contributed by atoms with Crippen molar-refractivity contribution in [2.24, 2.45) is 17.8 Å². The zero-order valence-corrected chi connectivity index (χ0v) is 27.9. The first-order valence-corrected chi connectivity index (χ1v) is 16.2. The lowest BCUT2D eigenvalue weighted by molar-refractivity contribution is -0.140. The van der Waals surface area contributed by atoms with Gasteiger partial charge >= 0.3 is 5.97 Å². The number of Topliss-reactive ketones (excluding diaryl/α,β-unsaturated/α-hetero) is 2. The fourth-order valence-corrected chi connectivity index (χ4v) is 6.16. The predicted octanol–water partition coefficient (Wildman–Crippen LogP) is 2.95. The third-order valence-corrected chi connectivity index (χ3v) is 8.63. The van der Waals surface area contributed by atoms with Gasteiger partial charge in [-0.1, -0.05) is 44.9 Å². The number of carbonyl (C=O) groups is 6. The Morgan fingerprint density at radius 3 is 2.22 bits per heavy atom. The third-order valence-electron chi connectivity index (χ3n) is 8.63. The van der Waals surface area contributed by atoms with Crippen LogP contribution < -0.4 is 20.7 Å². The Kier molecular flexibility index (Phi) is 12.1. The zero-order valence-electron chi connectivity index (χ0n) is 27.9. The van der Waals surface area contributed by atoms with Gasteiger partial charge in [0.05, 0.1) is 19.6 Å². The number of methoxy groups -OCH3 is 1. The number of aromatic hydroxyl groups is 1. The number of amides is 3. The fourth-order valence-electron chi connectivity index (χ4n) is 6.16. The average molecular weight is 679 g/mol. The molecule has 0 bridgehead atoms. The Labute approximate surface area is 283 Å². The maximum absolute atomic E-state index is 14.1. The van der Waals surface area contributed by atoms with Gasteiger partial charge in [0.25, 0.3) is 5.89 Å². The smallest absolute Gasteiger partial charge is 0.305 e. The summed E-state index contributed by atoms with van der Waals surface area (Å²) in [6, 6.07) is 7.48. The third kappa shape index (κ3) is 9.21. The van der Waals surface area contributed by atoms with Crippen molar-refractivity contribution in [3.8, 4) is 11.5 Å². The van der Waals surface area contributed by atoms with E-state index in [1.165, 1.54) is 26.2 Å². The molecule has 0 saturated heterocycles. The number of phenolic OH excluding ortho intramolecular Hbond substituents is 1. The molecular formula is C35H42N4O10. The number of carbonyl (C=O) groups excluding carboxylic acids is 5. The predicted molar refractivity (Wildman–Crippen MR) is 176 cm³/mol. The van der Waals surface area contributed by atoms with E-state index in [1.807, 2.05) is 0 Å². The summed E-state index contributed by atoms with van der Waals surface area (Å²) >= 11 is 0. The maximum atomic E-state index is 14.1. The average Bonchev–Trinajstić information content (AvgIpc) is 3.51. The summed E-state index contributed by atoms with van der Waals surface area (Å²) in [4.78, 5) is 82.7. The molecule has 3 aromatic rings. The summed E-state index contributed by atoms with van der Waals surface area (Å²) in [5.41, 5.74) is 1.18. The number of carboxylic acid groups (broad SMARTS) is 1. The van der Waals surface area contributed by atoms with Crippen LogP contribution in [0.15, 0.2) is 46.9 Å². The lowest BCUT2D eigenvalue weighted by Crippen LogP contribution is -2.56. The van der Waals surface area contributed by atoms with Crippen molar-refractivity contribution < 1.29 is 48.1 Å². The SMILES string of the molecule is COc1cccc2nc(C(=O)[C@H](CC(=O)O)NC(=O)[C@@H]3CCCCC3C(=O)[C@@H](NC(=O)[C@H](Cc3ccc(O)cc3)NC(C)=O)C(C)C)oc12. The molecule has 0 spiro atoms. The Bertz CT molecular complexity index is 1700. The number of benzene rings is 2. The van der Waals surface area contributed by atoms with Gasteiger partial charge in [-0.2, -0.15) is 0 Å². The molecule has 4 rings (SSSR count). The first-order chi connectivity index (χ1) is 23.3. The second kappa shape index (κ2) is 16.2. The monoisotopic (exact) mass is 678 g/mol. The zero-order chi connectivity index (χ0) is 35.8. The van der Waals surface area contributed by atoms with Gasteiger partial charge in [0.1, 0.15) is 23.3 Å². The number of ketones is 2. The van der Waals surface area contributed by atoms with Crippen molar-refractivity contribution in [2.45, 2.75) is 77.4 Å². The lowest BCUT2D eigenvalue weighted by atomic mass is 9.73. The second-order valence-corrected chi connectivity index (χ2v) is 12.6. The van der Waals surface area contributed by atoms with Crippen LogP contribution in [0.1, 0.15) is 69.1 Å². The van der Waals surface area contributed by atoms with Gasteiger partial charge in [0.2, 0.25) is 23.5 Å². The number of phenols is 1. The molecule has 14 heteroatoms. The molecule has 1 aliphatic carbocycles. The summed E-state index contributed by atoms with van der Waals surface area (Å²) < 4.78 is 10.9. The molecule has 2 aromatic carbocycles. The largest absolute Gasteiger partial charge is 0.508 e. The van der Waals surface area contributed by atoms with Gasteiger partial charge in [0, 0.05) is 25.2 Å². The van der Waals surface area contributed by atoms with Crippen LogP contribution in [0.5, 0.6) is 11.5 Å².